The number of carboxylic acids is 1. The van der Waals surface area contributed by atoms with Crippen LogP contribution in [0.15, 0.2) is 18.2 Å². The van der Waals surface area contributed by atoms with Gasteiger partial charge in [0.2, 0.25) is 0 Å². The maximum atomic E-state index is 10.9. The molecule has 0 fully saturated rings. The number of nitrogens with two attached hydrogens (primary N) is 1. The van der Waals surface area contributed by atoms with Crippen molar-refractivity contribution < 1.29 is 9.90 Å². The zero-order valence-corrected chi connectivity index (χ0v) is 10.2. The Kier molecular flexibility index (Phi) is 2.67. The normalized spacial score (nSPS) is 12.9. The number of benzene rings is 1. The van der Waals surface area contributed by atoms with Crippen molar-refractivity contribution in [3.05, 3.63) is 35.0 Å². The molecule has 0 spiro atoms. The highest BCUT2D eigenvalue weighted by Gasteiger charge is 2.19. The van der Waals surface area contributed by atoms with Crippen LogP contribution in [0.1, 0.15) is 22.9 Å². The van der Waals surface area contributed by atoms with E-state index in [2.05, 4.69) is 6.07 Å². The lowest BCUT2D eigenvalue weighted by Gasteiger charge is -2.08. The van der Waals surface area contributed by atoms with E-state index in [1.807, 2.05) is 37.6 Å². The molecule has 1 heterocycles. The molecule has 0 aliphatic rings. The second kappa shape index (κ2) is 3.89. The number of rotatable bonds is 2. The second-order valence-corrected chi connectivity index (χ2v) is 4.46. The predicted molar refractivity (Wildman–Crippen MR) is 67.0 cm³/mol. The summed E-state index contributed by atoms with van der Waals surface area (Å²) in [6.07, 6.45) is 0. The summed E-state index contributed by atoms with van der Waals surface area (Å²) >= 11 is 0. The molecule has 0 bridgehead atoms. The third kappa shape index (κ3) is 1.80. The Morgan fingerprint density at radius 3 is 2.59 bits per heavy atom. The summed E-state index contributed by atoms with van der Waals surface area (Å²) in [6, 6.07) is 5.01. The van der Waals surface area contributed by atoms with Gasteiger partial charge in [0.05, 0.1) is 0 Å². The van der Waals surface area contributed by atoms with Crippen molar-refractivity contribution in [2.75, 3.05) is 0 Å². The third-order valence-electron chi connectivity index (χ3n) is 3.13. The molecule has 0 saturated carbocycles. The largest absolute Gasteiger partial charge is 0.480 e. The van der Waals surface area contributed by atoms with Crippen LogP contribution in [0.5, 0.6) is 0 Å². The first-order valence-corrected chi connectivity index (χ1v) is 5.46. The van der Waals surface area contributed by atoms with E-state index in [-0.39, 0.29) is 0 Å². The Bertz CT molecular complexity index is 599. The quantitative estimate of drug-likeness (QED) is 0.830. The van der Waals surface area contributed by atoms with Crippen molar-refractivity contribution in [1.82, 2.24) is 4.57 Å². The minimum Gasteiger partial charge on any atom is -0.480 e. The summed E-state index contributed by atoms with van der Waals surface area (Å²) in [5.74, 6) is -1.01. The van der Waals surface area contributed by atoms with Crippen molar-refractivity contribution in [3.63, 3.8) is 0 Å². The van der Waals surface area contributed by atoms with Crippen LogP contribution in [0.3, 0.4) is 0 Å². The van der Waals surface area contributed by atoms with Crippen molar-refractivity contribution in [3.8, 4) is 0 Å². The number of carboxylic acid groups (broad SMARTS) is 1. The lowest BCUT2D eigenvalue weighted by atomic mass is 10.1. The van der Waals surface area contributed by atoms with Crippen LogP contribution in [0, 0.1) is 13.8 Å². The van der Waals surface area contributed by atoms with E-state index in [0.29, 0.717) is 5.69 Å². The number of aliphatic carboxylic acids is 1. The van der Waals surface area contributed by atoms with Gasteiger partial charge < -0.3 is 15.4 Å². The summed E-state index contributed by atoms with van der Waals surface area (Å²) in [6.45, 7) is 4.04. The van der Waals surface area contributed by atoms with Crippen LogP contribution in [0.2, 0.25) is 0 Å². The number of nitrogens with zero attached hydrogens (tertiary/aromatic N) is 1. The number of hydrogen-bond acceptors (Lipinski definition) is 2. The fraction of sp³-hybridized carbons (Fsp3) is 0.308. The standard InChI is InChI=1S/C13H16N2O2/c1-7-4-8(2)9-6-11(12(14)13(16)17)15(3)10(9)5-7/h4-6,12H,14H2,1-3H3,(H,16,17). The molecule has 0 amide bonds. The van der Waals surface area contributed by atoms with Crippen LogP contribution in [0.25, 0.3) is 10.9 Å². The third-order valence-corrected chi connectivity index (χ3v) is 3.13. The number of hydrogen-bond donors (Lipinski definition) is 2. The predicted octanol–water partition coefficient (Wildman–Crippen LogP) is 1.88. The van der Waals surface area contributed by atoms with E-state index in [1.54, 1.807) is 0 Å². The molecule has 17 heavy (non-hydrogen) atoms. The van der Waals surface area contributed by atoms with Gasteiger partial charge >= 0.3 is 5.97 Å². The molecule has 2 aromatic rings. The van der Waals surface area contributed by atoms with Gasteiger partial charge in [-0.2, -0.15) is 0 Å². The second-order valence-electron chi connectivity index (χ2n) is 4.46. The zero-order valence-electron chi connectivity index (χ0n) is 10.2. The number of fused-ring (bicyclic) bond motifs is 1. The Hall–Kier alpha value is -1.81. The van der Waals surface area contributed by atoms with Crippen molar-refractivity contribution in [2.24, 2.45) is 12.8 Å². The van der Waals surface area contributed by atoms with E-state index >= 15 is 0 Å². The monoisotopic (exact) mass is 232 g/mol. The molecular formula is C13H16N2O2. The Morgan fingerprint density at radius 1 is 1.35 bits per heavy atom. The Morgan fingerprint density at radius 2 is 2.00 bits per heavy atom. The van der Waals surface area contributed by atoms with Crippen LogP contribution in [0.4, 0.5) is 0 Å². The maximum Gasteiger partial charge on any atom is 0.326 e. The van der Waals surface area contributed by atoms with Gasteiger partial charge in [-0.1, -0.05) is 6.07 Å². The Balaban J connectivity index is 2.73. The summed E-state index contributed by atoms with van der Waals surface area (Å²) in [5, 5.41) is 10.0. The van der Waals surface area contributed by atoms with Crippen LogP contribution in [-0.2, 0) is 11.8 Å². The highest BCUT2D eigenvalue weighted by Crippen LogP contribution is 2.26. The van der Waals surface area contributed by atoms with E-state index < -0.39 is 12.0 Å². The van der Waals surface area contributed by atoms with Gasteiger partial charge in [-0.25, -0.2) is 0 Å². The molecule has 0 radical (unpaired) electrons. The van der Waals surface area contributed by atoms with Crippen molar-refractivity contribution in [1.29, 1.82) is 0 Å². The van der Waals surface area contributed by atoms with Gasteiger partial charge in [0.1, 0.15) is 6.04 Å². The smallest absolute Gasteiger partial charge is 0.326 e. The maximum absolute atomic E-state index is 10.9. The molecule has 2 rings (SSSR count). The van der Waals surface area contributed by atoms with Gasteiger partial charge in [0, 0.05) is 23.6 Å². The van der Waals surface area contributed by atoms with Crippen LogP contribution in [-0.4, -0.2) is 15.6 Å². The molecule has 4 nitrogen and oxygen atoms in total. The van der Waals surface area contributed by atoms with Crippen molar-refractivity contribution >= 4 is 16.9 Å². The fourth-order valence-corrected chi connectivity index (χ4v) is 2.23. The fourth-order valence-electron chi connectivity index (χ4n) is 2.23. The Labute approximate surface area is 99.7 Å². The van der Waals surface area contributed by atoms with E-state index in [1.165, 1.54) is 0 Å². The summed E-state index contributed by atoms with van der Waals surface area (Å²) in [7, 11) is 1.85. The van der Waals surface area contributed by atoms with Gasteiger partial charge in [0.15, 0.2) is 0 Å². The summed E-state index contributed by atoms with van der Waals surface area (Å²) in [4.78, 5) is 10.9. The first-order valence-electron chi connectivity index (χ1n) is 5.46. The molecule has 4 heteroatoms. The highest BCUT2D eigenvalue weighted by molar-refractivity contribution is 5.87. The van der Waals surface area contributed by atoms with Gasteiger partial charge in [0.25, 0.3) is 0 Å². The molecule has 0 aliphatic carbocycles. The first-order chi connectivity index (χ1) is 7.91. The molecule has 0 saturated heterocycles. The first kappa shape index (κ1) is 11.7. The average Bonchev–Trinajstić information content (AvgIpc) is 2.56. The molecule has 1 unspecified atom stereocenters. The lowest BCUT2D eigenvalue weighted by molar-refractivity contribution is -0.138. The van der Waals surface area contributed by atoms with Crippen LogP contribution >= 0.6 is 0 Å². The molecule has 1 atom stereocenters. The molecular weight excluding hydrogens is 216 g/mol. The van der Waals surface area contributed by atoms with Crippen molar-refractivity contribution in [2.45, 2.75) is 19.9 Å². The van der Waals surface area contributed by atoms with Crippen LogP contribution < -0.4 is 5.73 Å². The zero-order chi connectivity index (χ0) is 12.7. The molecule has 3 N–H and O–H groups in total. The molecule has 90 valence electrons. The number of aromatic nitrogens is 1. The lowest BCUT2D eigenvalue weighted by Crippen LogP contribution is -2.22. The molecule has 1 aromatic carbocycles. The van der Waals surface area contributed by atoms with Gasteiger partial charge in [-0.3, -0.25) is 4.79 Å². The SMILES string of the molecule is Cc1cc(C)c2cc(C(N)C(=O)O)n(C)c2c1. The minimum atomic E-state index is -1.01. The van der Waals surface area contributed by atoms with E-state index in [4.69, 9.17) is 10.8 Å². The van der Waals surface area contributed by atoms with E-state index in [9.17, 15) is 4.79 Å². The van der Waals surface area contributed by atoms with E-state index in [0.717, 1.165) is 22.0 Å². The molecule has 1 aromatic heterocycles. The number of carbonyl (C=O) groups is 1. The molecule has 0 aliphatic heterocycles. The summed E-state index contributed by atoms with van der Waals surface area (Å²) < 4.78 is 1.86. The van der Waals surface area contributed by atoms with Gasteiger partial charge in [-0.05, 0) is 37.1 Å². The topological polar surface area (TPSA) is 68.2 Å². The minimum absolute atomic E-state index is 0.626. The summed E-state index contributed by atoms with van der Waals surface area (Å²) in [5.41, 5.74) is 9.62. The average molecular weight is 232 g/mol. The highest BCUT2D eigenvalue weighted by atomic mass is 16.4. The number of aryl methyl sites for hydroxylation is 3. The van der Waals surface area contributed by atoms with Gasteiger partial charge in [-0.15, -0.1) is 0 Å².